The summed E-state index contributed by atoms with van der Waals surface area (Å²) in [6.07, 6.45) is 5.50. The number of carbonyl (C=O) groups is 1. The zero-order valence-electron chi connectivity index (χ0n) is 18.7. The van der Waals surface area contributed by atoms with Crippen LogP contribution in [0.5, 0.6) is 0 Å². The molecule has 1 saturated heterocycles. The van der Waals surface area contributed by atoms with Crippen molar-refractivity contribution in [1.29, 1.82) is 0 Å². The van der Waals surface area contributed by atoms with Gasteiger partial charge in [-0.25, -0.2) is 9.97 Å². The maximum absolute atomic E-state index is 12.0. The molecule has 4 rings (SSSR count). The van der Waals surface area contributed by atoms with Gasteiger partial charge in [-0.05, 0) is 49.3 Å². The number of aliphatic hydroxyl groups is 1. The monoisotopic (exact) mass is 421 g/mol. The first-order chi connectivity index (χ1) is 14.9. The number of benzene rings is 1. The smallest absolute Gasteiger partial charge is 0.251 e. The number of anilines is 2. The molecule has 0 bridgehead atoms. The molecule has 2 aromatic heterocycles. The van der Waals surface area contributed by atoms with Gasteiger partial charge in [-0.15, -0.1) is 0 Å². The van der Waals surface area contributed by atoms with Crippen molar-refractivity contribution < 1.29 is 9.90 Å². The summed E-state index contributed by atoms with van der Waals surface area (Å²) in [6, 6.07) is 8.79. The predicted molar refractivity (Wildman–Crippen MR) is 123 cm³/mol. The Hall–Kier alpha value is -2.93. The van der Waals surface area contributed by atoms with Gasteiger partial charge in [0.1, 0.15) is 17.4 Å². The number of amides is 1. The maximum atomic E-state index is 12.0. The largest absolute Gasteiger partial charge is 0.384 e. The summed E-state index contributed by atoms with van der Waals surface area (Å²) < 4.78 is 2.01. The van der Waals surface area contributed by atoms with Crippen LogP contribution in [0.3, 0.4) is 0 Å². The van der Waals surface area contributed by atoms with Gasteiger partial charge in [0.15, 0.2) is 0 Å². The Morgan fingerprint density at radius 3 is 2.68 bits per heavy atom. The summed E-state index contributed by atoms with van der Waals surface area (Å²) in [5.41, 5.74) is 5.72. The van der Waals surface area contributed by atoms with Gasteiger partial charge in [-0.2, -0.15) is 0 Å². The van der Waals surface area contributed by atoms with Gasteiger partial charge in [-0.3, -0.25) is 4.79 Å². The zero-order chi connectivity index (χ0) is 22.1. The number of nitrogens with zero attached hydrogens (tertiary/aromatic N) is 5. The van der Waals surface area contributed by atoms with E-state index in [1.54, 1.807) is 4.90 Å². The second-order valence-corrected chi connectivity index (χ2v) is 8.46. The van der Waals surface area contributed by atoms with E-state index < -0.39 is 6.10 Å². The van der Waals surface area contributed by atoms with Gasteiger partial charge in [0.2, 0.25) is 0 Å². The summed E-state index contributed by atoms with van der Waals surface area (Å²) in [6.45, 7) is 5.12. The van der Waals surface area contributed by atoms with Gasteiger partial charge in [-0.1, -0.05) is 19.1 Å². The number of hydrogen-bond donors (Lipinski definition) is 1. The number of aryl methyl sites for hydroxylation is 2. The number of aliphatic hydroxyl groups excluding tert-OH is 1. The lowest BCUT2D eigenvalue weighted by molar-refractivity contribution is -0.140. The molecule has 1 amide bonds. The van der Waals surface area contributed by atoms with E-state index in [0.29, 0.717) is 19.0 Å². The molecule has 3 aromatic rings. The maximum Gasteiger partial charge on any atom is 0.251 e. The molecule has 0 aliphatic carbocycles. The lowest BCUT2D eigenvalue weighted by atomic mass is 9.87. The molecule has 1 aliphatic rings. The Morgan fingerprint density at radius 2 is 2.00 bits per heavy atom. The van der Waals surface area contributed by atoms with E-state index in [4.69, 9.17) is 0 Å². The number of pyridine rings is 1. The van der Waals surface area contributed by atoms with Crippen LogP contribution in [0.4, 0.5) is 11.5 Å². The summed E-state index contributed by atoms with van der Waals surface area (Å²) >= 11 is 0. The zero-order valence-corrected chi connectivity index (χ0v) is 18.7. The number of fused-ring (bicyclic) bond motifs is 1. The first-order valence-electron chi connectivity index (χ1n) is 11.0. The van der Waals surface area contributed by atoms with Gasteiger partial charge >= 0.3 is 0 Å². The van der Waals surface area contributed by atoms with Crippen molar-refractivity contribution in [2.45, 2.75) is 45.1 Å². The Kier molecular flexibility index (Phi) is 5.96. The first-order valence-corrected chi connectivity index (χ1v) is 11.0. The third kappa shape index (κ3) is 4.14. The summed E-state index contributed by atoms with van der Waals surface area (Å²) in [4.78, 5) is 24.9. The van der Waals surface area contributed by atoms with E-state index in [0.717, 1.165) is 41.8 Å². The van der Waals surface area contributed by atoms with Gasteiger partial charge in [0.05, 0.1) is 18.0 Å². The van der Waals surface area contributed by atoms with Crippen molar-refractivity contribution in [3.05, 3.63) is 47.9 Å². The molecule has 0 spiro atoms. The Bertz CT molecular complexity index is 1080. The molecule has 0 radical (unpaired) electrons. The second-order valence-electron chi connectivity index (χ2n) is 8.46. The fourth-order valence-corrected chi connectivity index (χ4v) is 4.49. The van der Waals surface area contributed by atoms with Crippen molar-refractivity contribution >= 4 is 28.4 Å². The SMILES string of the molecule is CCc1cc(C2CCN(C(=O)C(C)O)CC2)ccc1N(C)c1cc2c(cn1)ncn2C. The van der Waals surface area contributed by atoms with Crippen LogP contribution in [-0.2, 0) is 18.3 Å². The van der Waals surface area contributed by atoms with Crippen LogP contribution in [-0.4, -0.2) is 56.7 Å². The first kappa shape index (κ1) is 21.3. The van der Waals surface area contributed by atoms with Crippen molar-refractivity contribution in [3.63, 3.8) is 0 Å². The van der Waals surface area contributed by atoms with Crippen molar-refractivity contribution in [1.82, 2.24) is 19.4 Å². The van der Waals surface area contributed by atoms with E-state index >= 15 is 0 Å². The normalized spacial score (nSPS) is 16.0. The van der Waals surface area contributed by atoms with E-state index in [1.165, 1.54) is 18.1 Å². The van der Waals surface area contributed by atoms with Crippen molar-refractivity contribution in [2.75, 3.05) is 25.0 Å². The summed E-state index contributed by atoms with van der Waals surface area (Å²) in [7, 11) is 4.05. The van der Waals surface area contributed by atoms with E-state index in [9.17, 15) is 9.90 Å². The molecule has 1 unspecified atom stereocenters. The second kappa shape index (κ2) is 8.67. The summed E-state index contributed by atoms with van der Waals surface area (Å²) in [5, 5.41) is 9.56. The number of imidazole rings is 1. The minimum Gasteiger partial charge on any atom is -0.384 e. The molecule has 1 aliphatic heterocycles. The molecule has 164 valence electrons. The highest BCUT2D eigenvalue weighted by atomic mass is 16.3. The molecule has 7 heteroatoms. The third-order valence-electron chi connectivity index (χ3n) is 6.42. The molecular formula is C24H31N5O2. The molecule has 7 nitrogen and oxygen atoms in total. The number of carbonyl (C=O) groups excluding carboxylic acids is 1. The van der Waals surface area contributed by atoms with Crippen LogP contribution in [0.1, 0.15) is 43.7 Å². The minimum atomic E-state index is -0.919. The Morgan fingerprint density at radius 1 is 1.26 bits per heavy atom. The molecule has 1 atom stereocenters. The molecule has 1 N–H and O–H groups in total. The standard InChI is InChI=1S/C24H31N5O2/c1-5-17-12-19(18-8-10-29(11-9-18)24(31)16(2)30)6-7-21(17)28(4)23-13-22-20(14-25-23)26-15-27(22)3/h6-7,12-16,18,30H,5,8-11H2,1-4H3. The van der Waals surface area contributed by atoms with E-state index in [2.05, 4.69) is 53.1 Å². The number of likely N-dealkylation sites (tertiary alicyclic amines) is 1. The molecule has 1 aromatic carbocycles. The highest BCUT2D eigenvalue weighted by Gasteiger charge is 2.26. The number of piperidine rings is 1. The summed E-state index contributed by atoms with van der Waals surface area (Å²) in [5.74, 6) is 1.16. The topological polar surface area (TPSA) is 74.5 Å². The lowest BCUT2D eigenvalue weighted by Crippen LogP contribution is -2.42. The Balaban J connectivity index is 1.54. The number of hydrogen-bond acceptors (Lipinski definition) is 5. The minimum absolute atomic E-state index is 0.164. The number of rotatable bonds is 5. The fraction of sp³-hybridized carbons (Fsp3) is 0.458. The van der Waals surface area contributed by atoms with E-state index in [-0.39, 0.29) is 5.91 Å². The highest BCUT2D eigenvalue weighted by molar-refractivity contribution is 5.80. The van der Waals surface area contributed by atoms with Gasteiger partial charge in [0.25, 0.3) is 5.91 Å². The van der Waals surface area contributed by atoms with Crippen LogP contribution < -0.4 is 4.90 Å². The molecule has 31 heavy (non-hydrogen) atoms. The third-order valence-corrected chi connectivity index (χ3v) is 6.42. The Labute approximate surface area is 183 Å². The lowest BCUT2D eigenvalue weighted by Gasteiger charge is -2.33. The molecule has 0 saturated carbocycles. The van der Waals surface area contributed by atoms with Crippen LogP contribution >= 0.6 is 0 Å². The quantitative estimate of drug-likeness (QED) is 0.684. The van der Waals surface area contributed by atoms with Crippen LogP contribution in [0, 0.1) is 0 Å². The number of aromatic nitrogens is 3. The predicted octanol–water partition coefficient (Wildman–Crippen LogP) is 3.39. The molecule has 3 heterocycles. The van der Waals surface area contributed by atoms with Gasteiger partial charge in [0, 0.05) is 38.9 Å². The van der Waals surface area contributed by atoms with Crippen LogP contribution in [0.25, 0.3) is 11.0 Å². The highest BCUT2D eigenvalue weighted by Crippen LogP contribution is 2.34. The van der Waals surface area contributed by atoms with E-state index in [1.807, 2.05) is 24.1 Å². The van der Waals surface area contributed by atoms with Crippen molar-refractivity contribution in [2.24, 2.45) is 7.05 Å². The van der Waals surface area contributed by atoms with Crippen LogP contribution in [0.2, 0.25) is 0 Å². The van der Waals surface area contributed by atoms with Crippen molar-refractivity contribution in [3.8, 4) is 0 Å². The van der Waals surface area contributed by atoms with Gasteiger partial charge < -0.3 is 19.5 Å². The fourth-order valence-electron chi connectivity index (χ4n) is 4.49. The average Bonchev–Trinajstić information content (AvgIpc) is 3.17. The molecule has 1 fully saturated rings. The molecular weight excluding hydrogens is 390 g/mol. The van der Waals surface area contributed by atoms with Crippen LogP contribution in [0.15, 0.2) is 36.8 Å². The average molecular weight is 422 g/mol.